The zero-order chi connectivity index (χ0) is 17.8. The Morgan fingerprint density at radius 1 is 1.16 bits per heavy atom. The van der Waals surface area contributed by atoms with Gasteiger partial charge in [0, 0.05) is 38.9 Å². The average molecular weight is 339 g/mol. The van der Waals surface area contributed by atoms with Gasteiger partial charge < -0.3 is 10.6 Å². The minimum atomic E-state index is -0.0739. The van der Waals surface area contributed by atoms with Crippen molar-refractivity contribution in [3.63, 3.8) is 0 Å². The molecule has 2 heterocycles. The van der Waals surface area contributed by atoms with E-state index in [1.54, 1.807) is 6.92 Å². The van der Waals surface area contributed by atoms with Crippen LogP contribution < -0.4 is 5.73 Å². The van der Waals surface area contributed by atoms with Crippen LogP contribution in [0.25, 0.3) is 0 Å². The molecule has 0 aliphatic carbocycles. The lowest BCUT2D eigenvalue weighted by Gasteiger charge is -2.23. The molecule has 1 fully saturated rings. The van der Waals surface area contributed by atoms with Gasteiger partial charge in [-0.1, -0.05) is 24.3 Å². The maximum Gasteiger partial charge on any atom is 0.259 e. The number of amides is 1. The van der Waals surface area contributed by atoms with Crippen LogP contribution in [0.1, 0.15) is 33.7 Å². The maximum absolute atomic E-state index is 12.8. The van der Waals surface area contributed by atoms with E-state index in [-0.39, 0.29) is 11.7 Å². The Morgan fingerprint density at radius 2 is 1.96 bits per heavy atom. The minimum Gasteiger partial charge on any atom is -0.383 e. The monoisotopic (exact) mass is 339 g/mol. The summed E-state index contributed by atoms with van der Waals surface area (Å²) in [7, 11) is 0. The number of nitrogen functional groups attached to an aromatic ring is 1. The number of benzene rings is 1. The van der Waals surface area contributed by atoms with Crippen molar-refractivity contribution in [1.29, 1.82) is 0 Å². The van der Waals surface area contributed by atoms with Gasteiger partial charge in [0.05, 0.1) is 0 Å². The highest BCUT2D eigenvalue weighted by Crippen LogP contribution is 2.16. The highest BCUT2D eigenvalue weighted by Gasteiger charge is 2.22. The first-order valence-corrected chi connectivity index (χ1v) is 8.70. The summed E-state index contributed by atoms with van der Waals surface area (Å²) < 4.78 is 0. The van der Waals surface area contributed by atoms with Gasteiger partial charge in [0.25, 0.3) is 5.91 Å². The Labute approximate surface area is 148 Å². The molecule has 132 valence electrons. The molecule has 0 unspecified atom stereocenters. The second-order valence-corrected chi connectivity index (χ2v) is 6.56. The lowest BCUT2D eigenvalue weighted by atomic mass is 10.1. The Bertz CT molecular complexity index is 761. The molecule has 0 atom stereocenters. The molecule has 6 heteroatoms. The van der Waals surface area contributed by atoms with Crippen molar-refractivity contribution >= 4 is 11.7 Å². The summed E-state index contributed by atoms with van der Waals surface area (Å²) in [6.07, 6.45) is 2.49. The SMILES string of the molecule is Cc1ncc(C(=O)N2CCCN(Cc3ccccc3C)CC2)c(N)n1. The van der Waals surface area contributed by atoms with Crippen molar-refractivity contribution in [2.24, 2.45) is 0 Å². The van der Waals surface area contributed by atoms with E-state index in [0.717, 1.165) is 32.6 Å². The molecule has 6 nitrogen and oxygen atoms in total. The molecule has 0 radical (unpaired) electrons. The van der Waals surface area contributed by atoms with Gasteiger partial charge in [0.2, 0.25) is 0 Å². The first-order valence-electron chi connectivity index (χ1n) is 8.70. The van der Waals surface area contributed by atoms with Crippen molar-refractivity contribution in [1.82, 2.24) is 19.8 Å². The standard InChI is InChI=1S/C19H25N5O/c1-14-6-3-4-7-16(14)13-23-8-5-9-24(11-10-23)19(25)17-12-21-15(2)22-18(17)20/h3-4,6-7,12H,5,8-11,13H2,1-2H3,(H2,20,21,22). The molecule has 0 bridgehead atoms. The summed E-state index contributed by atoms with van der Waals surface area (Å²) in [6.45, 7) is 8.09. The van der Waals surface area contributed by atoms with Gasteiger partial charge in [-0.15, -0.1) is 0 Å². The lowest BCUT2D eigenvalue weighted by Crippen LogP contribution is -2.35. The van der Waals surface area contributed by atoms with Gasteiger partial charge in [-0.05, 0) is 31.4 Å². The predicted octanol–water partition coefficient (Wildman–Crippen LogP) is 2.02. The first kappa shape index (κ1) is 17.4. The molecule has 3 rings (SSSR count). The molecule has 0 spiro atoms. The van der Waals surface area contributed by atoms with Crippen molar-refractivity contribution < 1.29 is 4.79 Å². The second-order valence-electron chi connectivity index (χ2n) is 6.56. The van der Waals surface area contributed by atoms with Crippen molar-refractivity contribution in [2.45, 2.75) is 26.8 Å². The van der Waals surface area contributed by atoms with Crippen LogP contribution in [-0.2, 0) is 6.54 Å². The Balaban J connectivity index is 1.65. The number of aryl methyl sites for hydroxylation is 2. The van der Waals surface area contributed by atoms with Gasteiger partial charge in [-0.2, -0.15) is 0 Å². The number of hydrogen-bond donors (Lipinski definition) is 1. The molecule has 2 aromatic rings. The van der Waals surface area contributed by atoms with Crippen molar-refractivity contribution in [3.8, 4) is 0 Å². The Morgan fingerprint density at radius 3 is 2.72 bits per heavy atom. The van der Waals surface area contributed by atoms with E-state index in [0.29, 0.717) is 17.9 Å². The molecular formula is C19H25N5O. The Hall–Kier alpha value is -2.47. The molecule has 1 amide bonds. The summed E-state index contributed by atoms with van der Waals surface area (Å²) in [4.78, 5) is 25.2. The van der Waals surface area contributed by atoms with Crippen molar-refractivity contribution in [2.75, 3.05) is 31.9 Å². The van der Waals surface area contributed by atoms with Crippen LogP contribution >= 0.6 is 0 Å². The van der Waals surface area contributed by atoms with E-state index in [1.165, 1.54) is 17.3 Å². The fraction of sp³-hybridized carbons (Fsp3) is 0.421. The number of aromatic nitrogens is 2. The average Bonchev–Trinajstić information content (AvgIpc) is 2.82. The molecule has 2 N–H and O–H groups in total. The van der Waals surface area contributed by atoms with Gasteiger partial charge in [-0.25, -0.2) is 9.97 Å². The molecule has 1 aliphatic rings. The molecule has 25 heavy (non-hydrogen) atoms. The Kier molecular flexibility index (Phi) is 5.28. The van der Waals surface area contributed by atoms with Crippen LogP contribution in [0.3, 0.4) is 0 Å². The topological polar surface area (TPSA) is 75.4 Å². The number of nitrogens with two attached hydrogens (primary N) is 1. The lowest BCUT2D eigenvalue weighted by molar-refractivity contribution is 0.0761. The van der Waals surface area contributed by atoms with E-state index >= 15 is 0 Å². The van der Waals surface area contributed by atoms with E-state index in [9.17, 15) is 4.79 Å². The third-order valence-electron chi connectivity index (χ3n) is 4.70. The largest absolute Gasteiger partial charge is 0.383 e. The smallest absolute Gasteiger partial charge is 0.259 e. The normalized spacial score (nSPS) is 15.8. The van der Waals surface area contributed by atoms with Gasteiger partial charge >= 0.3 is 0 Å². The molecule has 1 aromatic carbocycles. The van der Waals surface area contributed by atoms with Crippen LogP contribution in [0.4, 0.5) is 5.82 Å². The highest BCUT2D eigenvalue weighted by molar-refractivity contribution is 5.98. The fourth-order valence-electron chi connectivity index (χ4n) is 3.18. The quantitative estimate of drug-likeness (QED) is 0.926. The third kappa shape index (κ3) is 4.14. The van der Waals surface area contributed by atoms with Gasteiger partial charge in [-0.3, -0.25) is 9.69 Å². The van der Waals surface area contributed by atoms with Gasteiger partial charge in [0.1, 0.15) is 17.2 Å². The number of nitrogens with zero attached hydrogens (tertiary/aromatic N) is 4. The van der Waals surface area contributed by atoms with Crippen LogP contribution in [0.15, 0.2) is 30.5 Å². The minimum absolute atomic E-state index is 0.0739. The summed E-state index contributed by atoms with van der Waals surface area (Å²) in [5.74, 6) is 0.767. The number of anilines is 1. The van der Waals surface area contributed by atoms with Crippen LogP contribution in [0, 0.1) is 13.8 Å². The first-order chi connectivity index (χ1) is 12.0. The molecule has 1 aliphatic heterocycles. The van der Waals surface area contributed by atoms with Gasteiger partial charge in [0.15, 0.2) is 0 Å². The number of carbonyl (C=O) groups excluding carboxylic acids is 1. The fourth-order valence-corrected chi connectivity index (χ4v) is 3.18. The summed E-state index contributed by atoms with van der Waals surface area (Å²) in [5, 5.41) is 0. The number of hydrogen-bond acceptors (Lipinski definition) is 5. The van der Waals surface area contributed by atoms with Crippen molar-refractivity contribution in [3.05, 3.63) is 53.0 Å². The summed E-state index contributed by atoms with van der Waals surface area (Å²) >= 11 is 0. The van der Waals surface area contributed by atoms with E-state index in [2.05, 4.69) is 46.1 Å². The summed E-state index contributed by atoms with van der Waals surface area (Å²) in [6, 6.07) is 8.46. The third-order valence-corrected chi connectivity index (χ3v) is 4.70. The van der Waals surface area contributed by atoms with Crippen LogP contribution in [0.5, 0.6) is 0 Å². The number of rotatable bonds is 3. The molecule has 1 aromatic heterocycles. The van der Waals surface area contributed by atoms with E-state index < -0.39 is 0 Å². The molecule has 0 saturated carbocycles. The molecule has 1 saturated heterocycles. The van der Waals surface area contributed by atoms with E-state index in [4.69, 9.17) is 5.73 Å². The predicted molar refractivity (Wildman–Crippen MR) is 98.2 cm³/mol. The maximum atomic E-state index is 12.8. The van der Waals surface area contributed by atoms with E-state index in [1.807, 2.05) is 4.90 Å². The second kappa shape index (κ2) is 7.61. The summed E-state index contributed by atoms with van der Waals surface area (Å²) in [5.41, 5.74) is 8.96. The van der Waals surface area contributed by atoms with Crippen LogP contribution in [-0.4, -0.2) is 51.9 Å². The highest BCUT2D eigenvalue weighted by atomic mass is 16.2. The molecular weight excluding hydrogens is 314 g/mol. The zero-order valence-corrected chi connectivity index (χ0v) is 14.9. The van der Waals surface area contributed by atoms with Crippen LogP contribution in [0.2, 0.25) is 0 Å². The zero-order valence-electron chi connectivity index (χ0n) is 14.9. The number of carbonyl (C=O) groups is 1.